The number of nitrogens with one attached hydrogen (secondary N) is 1. The van der Waals surface area contributed by atoms with Crippen molar-refractivity contribution < 1.29 is 17.2 Å². The third kappa shape index (κ3) is 3.45. The molecule has 2 rings (SSSR count). The highest BCUT2D eigenvalue weighted by atomic mass is 79.9. The lowest BCUT2D eigenvalue weighted by Crippen LogP contribution is -2.14. The normalized spacial score (nSPS) is 11.4. The van der Waals surface area contributed by atoms with Crippen molar-refractivity contribution in [3.8, 4) is 0 Å². The summed E-state index contributed by atoms with van der Waals surface area (Å²) < 4.78 is 53.0. The summed E-state index contributed by atoms with van der Waals surface area (Å²) >= 11 is 8.66. The van der Waals surface area contributed by atoms with Crippen LogP contribution in [0.25, 0.3) is 0 Å². The molecule has 2 aromatic carbocycles. The first-order valence-corrected chi connectivity index (χ1v) is 8.08. The molecule has 0 amide bonds. The average Bonchev–Trinajstić information content (AvgIpc) is 2.37. The molecule has 0 heterocycles. The first-order chi connectivity index (χ1) is 9.70. The Kier molecular flexibility index (Phi) is 4.40. The van der Waals surface area contributed by atoms with Crippen LogP contribution in [0.15, 0.2) is 39.7 Å². The Labute approximate surface area is 133 Å². The minimum absolute atomic E-state index is 0.0902. The number of halogens is 4. The van der Waals surface area contributed by atoms with E-state index in [9.17, 15) is 17.2 Å². The Balaban J connectivity index is 2.43. The van der Waals surface area contributed by atoms with Gasteiger partial charge in [-0.15, -0.1) is 0 Å². The highest BCUT2D eigenvalue weighted by Crippen LogP contribution is 2.29. The third-order valence-electron chi connectivity index (χ3n) is 2.51. The molecule has 0 saturated carbocycles. The number of anilines is 2. The van der Waals surface area contributed by atoms with E-state index in [-0.39, 0.29) is 25.8 Å². The molecule has 0 fully saturated rings. The van der Waals surface area contributed by atoms with Gasteiger partial charge in [-0.05, 0) is 46.3 Å². The lowest BCUT2D eigenvalue weighted by atomic mass is 10.3. The van der Waals surface area contributed by atoms with E-state index >= 15 is 0 Å². The second-order valence-corrected chi connectivity index (χ2v) is 6.95. The lowest BCUT2D eigenvalue weighted by Gasteiger charge is -2.11. The Morgan fingerprint density at radius 1 is 1.14 bits per heavy atom. The summed E-state index contributed by atoms with van der Waals surface area (Å²) in [6.07, 6.45) is 0. The van der Waals surface area contributed by atoms with E-state index in [1.165, 1.54) is 12.1 Å². The van der Waals surface area contributed by atoms with Crippen LogP contribution in [0, 0.1) is 11.6 Å². The van der Waals surface area contributed by atoms with Crippen molar-refractivity contribution in [1.29, 1.82) is 0 Å². The summed E-state index contributed by atoms with van der Waals surface area (Å²) in [6, 6.07) is 5.29. The van der Waals surface area contributed by atoms with Gasteiger partial charge >= 0.3 is 0 Å². The van der Waals surface area contributed by atoms with Crippen molar-refractivity contribution in [1.82, 2.24) is 0 Å². The van der Waals surface area contributed by atoms with Gasteiger partial charge in [-0.1, -0.05) is 11.6 Å². The van der Waals surface area contributed by atoms with Gasteiger partial charge in [0.05, 0.1) is 20.9 Å². The maximum atomic E-state index is 13.2. The number of nitrogen functional groups attached to an aromatic ring is 1. The molecule has 0 aliphatic rings. The van der Waals surface area contributed by atoms with E-state index in [0.29, 0.717) is 0 Å². The number of hydrogen-bond donors (Lipinski definition) is 2. The van der Waals surface area contributed by atoms with Crippen LogP contribution in [0.2, 0.25) is 5.02 Å². The molecule has 9 heteroatoms. The molecule has 21 heavy (non-hydrogen) atoms. The van der Waals surface area contributed by atoms with Crippen LogP contribution in [0.5, 0.6) is 0 Å². The summed E-state index contributed by atoms with van der Waals surface area (Å²) in [4.78, 5) is -0.372. The molecule has 0 spiro atoms. The van der Waals surface area contributed by atoms with Gasteiger partial charge in [-0.25, -0.2) is 17.2 Å². The van der Waals surface area contributed by atoms with Crippen LogP contribution in [-0.4, -0.2) is 8.42 Å². The van der Waals surface area contributed by atoms with Crippen molar-refractivity contribution in [2.24, 2.45) is 0 Å². The molecule has 2 aromatic rings. The van der Waals surface area contributed by atoms with Crippen LogP contribution >= 0.6 is 27.5 Å². The number of rotatable bonds is 3. The maximum Gasteiger partial charge on any atom is 0.263 e. The Bertz CT molecular complexity index is 815. The van der Waals surface area contributed by atoms with Gasteiger partial charge in [-0.3, -0.25) is 4.72 Å². The zero-order chi connectivity index (χ0) is 15.8. The standard InChI is InChI=1S/C12H8BrClF2N2O2S/c13-7-3-6(1-2-9(7)15)18-21(19,20)12-5-11(17)10(16)4-8(12)14/h1-5,18H,17H2. The van der Waals surface area contributed by atoms with Gasteiger partial charge in [0, 0.05) is 0 Å². The van der Waals surface area contributed by atoms with E-state index in [0.717, 1.165) is 18.2 Å². The van der Waals surface area contributed by atoms with Gasteiger partial charge in [0.1, 0.15) is 16.5 Å². The quantitative estimate of drug-likeness (QED) is 0.775. The summed E-state index contributed by atoms with van der Waals surface area (Å²) in [5.74, 6) is -1.36. The van der Waals surface area contributed by atoms with Crippen molar-refractivity contribution in [3.63, 3.8) is 0 Å². The monoisotopic (exact) mass is 396 g/mol. The molecule has 4 nitrogen and oxygen atoms in total. The number of nitrogens with two attached hydrogens (primary N) is 1. The molecule has 0 aliphatic heterocycles. The van der Waals surface area contributed by atoms with Crippen molar-refractivity contribution in [3.05, 3.63) is 51.5 Å². The van der Waals surface area contributed by atoms with Crippen molar-refractivity contribution in [2.45, 2.75) is 4.90 Å². The number of hydrogen-bond acceptors (Lipinski definition) is 3. The SMILES string of the molecule is Nc1cc(S(=O)(=O)Nc2ccc(F)c(Br)c2)c(Cl)cc1F. The fraction of sp³-hybridized carbons (Fsp3) is 0. The van der Waals surface area contributed by atoms with E-state index in [4.69, 9.17) is 17.3 Å². The smallest absolute Gasteiger partial charge is 0.263 e. The average molecular weight is 398 g/mol. The molecule has 112 valence electrons. The van der Waals surface area contributed by atoms with Crippen LogP contribution in [-0.2, 0) is 10.0 Å². The van der Waals surface area contributed by atoms with Gasteiger partial charge < -0.3 is 5.73 Å². The largest absolute Gasteiger partial charge is 0.396 e. The summed E-state index contributed by atoms with van der Waals surface area (Å²) in [7, 11) is -4.08. The van der Waals surface area contributed by atoms with Gasteiger partial charge in [0.25, 0.3) is 10.0 Å². The summed E-state index contributed by atoms with van der Waals surface area (Å²) in [5, 5.41) is -0.310. The number of benzene rings is 2. The minimum atomic E-state index is -4.08. The second kappa shape index (κ2) is 5.78. The zero-order valence-electron chi connectivity index (χ0n) is 10.2. The minimum Gasteiger partial charge on any atom is -0.396 e. The summed E-state index contributed by atoms with van der Waals surface area (Å²) in [5.41, 5.74) is 5.11. The molecule has 0 radical (unpaired) electrons. The predicted molar refractivity (Wildman–Crippen MR) is 80.7 cm³/mol. The number of sulfonamides is 1. The van der Waals surface area contributed by atoms with Crippen LogP contribution in [0.3, 0.4) is 0 Å². The second-order valence-electron chi connectivity index (χ2n) is 4.04. The van der Waals surface area contributed by atoms with E-state index in [2.05, 4.69) is 20.7 Å². The lowest BCUT2D eigenvalue weighted by molar-refractivity contribution is 0.600. The zero-order valence-corrected chi connectivity index (χ0v) is 13.4. The topological polar surface area (TPSA) is 72.2 Å². The first kappa shape index (κ1) is 16.0. The molecule has 0 saturated heterocycles. The highest BCUT2D eigenvalue weighted by molar-refractivity contribution is 9.10. The van der Waals surface area contributed by atoms with Crippen LogP contribution in [0.4, 0.5) is 20.2 Å². The summed E-state index contributed by atoms with van der Waals surface area (Å²) in [6.45, 7) is 0. The fourth-order valence-corrected chi connectivity index (χ4v) is 3.50. The molecule has 0 bridgehead atoms. The predicted octanol–water partition coefficient (Wildman–Crippen LogP) is 3.76. The Morgan fingerprint density at radius 3 is 2.43 bits per heavy atom. The molecular weight excluding hydrogens is 390 g/mol. The molecule has 0 aromatic heterocycles. The third-order valence-corrected chi connectivity index (χ3v) is 4.97. The first-order valence-electron chi connectivity index (χ1n) is 5.43. The van der Waals surface area contributed by atoms with Gasteiger partial charge in [-0.2, -0.15) is 0 Å². The van der Waals surface area contributed by atoms with Crippen molar-refractivity contribution >= 4 is 48.9 Å². The molecular formula is C12H8BrClF2N2O2S. The van der Waals surface area contributed by atoms with E-state index in [1.807, 2.05) is 0 Å². The van der Waals surface area contributed by atoms with Gasteiger partial charge in [0.15, 0.2) is 0 Å². The van der Waals surface area contributed by atoms with Crippen molar-refractivity contribution in [2.75, 3.05) is 10.5 Å². The maximum absolute atomic E-state index is 13.2. The Hall–Kier alpha value is -1.38. The fourth-order valence-electron chi connectivity index (χ4n) is 1.52. The van der Waals surface area contributed by atoms with E-state index < -0.39 is 21.7 Å². The van der Waals surface area contributed by atoms with Gasteiger partial charge in [0.2, 0.25) is 0 Å². The van der Waals surface area contributed by atoms with Crippen LogP contribution in [0.1, 0.15) is 0 Å². The van der Waals surface area contributed by atoms with Crippen LogP contribution < -0.4 is 10.5 Å². The molecule has 3 N–H and O–H groups in total. The molecule has 0 atom stereocenters. The molecule has 0 aliphatic carbocycles. The van der Waals surface area contributed by atoms with E-state index in [1.54, 1.807) is 0 Å². The highest BCUT2D eigenvalue weighted by Gasteiger charge is 2.20. The molecule has 0 unspecified atom stereocenters. The Morgan fingerprint density at radius 2 is 1.81 bits per heavy atom.